The van der Waals surface area contributed by atoms with Gasteiger partial charge in [0.2, 0.25) is 0 Å². The van der Waals surface area contributed by atoms with Crippen LogP contribution in [0.25, 0.3) is 0 Å². The van der Waals surface area contributed by atoms with Gasteiger partial charge < -0.3 is 10.5 Å². The van der Waals surface area contributed by atoms with E-state index in [0.717, 1.165) is 24.8 Å². The molecule has 3 heteroatoms. The SMILES string of the molecule is COc1ccc(CC2CC(C)(C)CCC2N)cc1F. The van der Waals surface area contributed by atoms with Crippen LogP contribution in [0.1, 0.15) is 38.7 Å². The average molecular weight is 265 g/mol. The Morgan fingerprint density at radius 1 is 1.42 bits per heavy atom. The third kappa shape index (κ3) is 3.47. The zero-order valence-corrected chi connectivity index (χ0v) is 12.1. The van der Waals surface area contributed by atoms with Crippen molar-refractivity contribution in [3.05, 3.63) is 29.6 Å². The van der Waals surface area contributed by atoms with Gasteiger partial charge in [-0.3, -0.25) is 0 Å². The summed E-state index contributed by atoms with van der Waals surface area (Å²) in [7, 11) is 1.48. The van der Waals surface area contributed by atoms with E-state index in [-0.39, 0.29) is 11.9 Å². The molecule has 2 atom stereocenters. The number of ether oxygens (including phenoxy) is 1. The molecule has 1 aromatic carbocycles. The van der Waals surface area contributed by atoms with Crippen molar-refractivity contribution >= 4 is 0 Å². The fourth-order valence-corrected chi connectivity index (χ4v) is 3.12. The first-order valence-corrected chi connectivity index (χ1v) is 6.99. The highest BCUT2D eigenvalue weighted by atomic mass is 19.1. The van der Waals surface area contributed by atoms with Gasteiger partial charge >= 0.3 is 0 Å². The predicted molar refractivity (Wildman–Crippen MR) is 75.8 cm³/mol. The maximum atomic E-state index is 13.7. The van der Waals surface area contributed by atoms with Crippen LogP contribution in [0.5, 0.6) is 5.75 Å². The fourth-order valence-electron chi connectivity index (χ4n) is 3.12. The van der Waals surface area contributed by atoms with Crippen molar-refractivity contribution in [2.75, 3.05) is 7.11 Å². The maximum Gasteiger partial charge on any atom is 0.165 e. The lowest BCUT2D eigenvalue weighted by atomic mass is 9.68. The van der Waals surface area contributed by atoms with Crippen LogP contribution in [0.3, 0.4) is 0 Å². The van der Waals surface area contributed by atoms with Crippen LogP contribution in [0, 0.1) is 17.2 Å². The van der Waals surface area contributed by atoms with Crippen LogP contribution >= 0.6 is 0 Å². The van der Waals surface area contributed by atoms with Crippen molar-refractivity contribution < 1.29 is 9.13 Å². The highest BCUT2D eigenvalue weighted by Gasteiger charge is 2.32. The molecule has 0 heterocycles. The van der Waals surface area contributed by atoms with Crippen molar-refractivity contribution in [3.63, 3.8) is 0 Å². The smallest absolute Gasteiger partial charge is 0.165 e. The lowest BCUT2D eigenvalue weighted by Crippen LogP contribution is -2.40. The molecular formula is C16H24FNO. The van der Waals surface area contributed by atoms with Gasteiger partial charge in [0.1, 0.15) is 0 Å². The van der Waals surface area contributed by atoms with E-state index >= 15 is 0 Å². The van der Waals surface area contributed by atoms with E-state index in [0.29, 0.717) is 17.1 Å². The monoisotopic (exact) mass is 265 g/mol. The van der Waals surface area contributed by atoms with Crippen LogP contribution < -0.4 is 10.5 Å². The van der Waals surface area contributed by atoms with E-state index in [9.17, 15) is 4.39 Å². The zero-order chi connectivity index (χ0) is 14.0. The van der Waals surface area contributed by atoms with Gasteiger partial charge in [0.15, 0.2) is 11.6 Å². The molecule has 1 aliphatic rings. The second-order valence-electron chi connectivity index (χ2n) is 6.50. The van der Waals surface area contributed by atoms with Crippen LogP contribution in [0.4, 0.5) is 4.39 Å². The molecule has 0 bridgehead atoms. The summed E-state index contributed by atoms with van der Waals surface area (Å²) in [5, 5.41) is 0. The number of nitrogens with two attached hydrogens (primary N) is 1. The number of halogens is 1. The first kappa shape index (κ1) is 14.3. The molecule has 2 N–H and O–H groups in total. The van der Waals surface area contributed by atoms with E-state index in [1.54, 1.807) is 12.1 Å². The Hall–Kier alpha value is -1.09. The molecule has 19 heavy (non-hydrogen) atoms. The minimum atomic E-state index is -0.288. The van der Waals surface area contributed by atoms with Crippen LogP contribution in [-0.4, -0.2) is 13.2 Å². The number of hydrogen-bond acceptors (Lipinski definition) is 2. The summed E-state index contributed by atoms with van der Waals surface area (Å²) in [5.41, 5.74) is 7.59. The summed E-state index contributed by atoms with van der Waals surface area (Å²) < 4.78 is 18.6. The molecule has 0 saturated heterocycles. The van der Waals surface area contributed by atoms with Gasteiger partial charge in [0.05, 0.1) is 7.11 Å². The molecule has 2 nitrogen and oxygen atoms in total. The van der Waals surface area contributed by atoms with Gasteiger partial charge in [-0.15, -0.1) is 0 Å². The van der Waals surface area contributed by atoms with Crippen LogP contribution in [0.15, 0.2) is 18.2 Å². The average Bonchev–Trinajstić information content (AvgIpc) is 2.34. The number of rotatable bonds is 3. The third-order valence-electron chi connectivity index (χ3n) is 4.29. The van der Waals surface area contributed by atoms with Gasteiger partial charge in [-0.2, -0.15) is 0 Å². The third-order valence-corrected chi connectivity index (χ3v) is 4.29. The summed E-state index contributed by atoms with van der Waals surface area (Å²) in [6, 6.07) is 5.45. The van der Waals surface area contributed by atoms with Gasteiger partial charge in [0, 0.05) is 6.04 Å². The first-order valence-electron chi connectivity index (χ1n) is 6.99. The quantitative estimate of drug-likeness (QED) is 0.907. The molecular weight excluding hydrogens is 241 g/mol. The number of benzene rings is 1. The second kappa shape index (κ2) is 5.49. The van der Waals surface area contributed by atoms with Gasteiger partial charge in [-0.05, 0) is 54.7 Å². The molecule has 1 fully saturated rings. The van der Waals surface area contributed by atoms with E-state index in [4.69, 9.17) is 10.5 Å². The predicted octanol–water partition coefficient (Wildman–Crippen LogP) is 3.53. The zero-order valence-electron chi connectivity index (χ0n) is 12.1. The molecule has 106 valence electrons. The highest BCUT2D eigenvalue weighted by Crippen LogP contribution is 2.39. The Balaban J connectivity index is 2.09. The van der Waals surface area contributed by atoms with E-state index < -0.39 is 0 Å². The minimum absolute atomic E-state index is 0.234. The Morgan fingerprint density at radius 3 is 2.79 bits per heavy atom. The van der Waals surface area contributed by atoms with Crippen molar-refractivity contribution in [1.29, 1.82) is 0 Å². The normalized spacial score (nSPS) is 26.2. The Kier molecular flexibility index (Phi) is 4.14. The highest BCUT2D eigenvalue weighted by molar-refractivity contribution is 5.29. The summed E-state index contributed by atoms with van der Waals surface area (Å²) >= 11 is 0. The number of hydrogen-bond donors (Lipinski definition) is 1. The van der Waals surface area contributed by atoms with Crippen molar-refractivity contribution in [2.45, 2.75) is 45.6 Å². The lowest BCUT2D eigenvalue weighted by molar-refractivity contribution is 0.157. The van der Waals surface area contributed by atoms with Crippen LogP contribution in [0.2, 0.25) is 0 Å². The van der Waals surface area contributed by atoms with E-state index in [1.165, 1.54) is 13.5 Å². The Morgan fingerprint density at radius 2 is 2.16 bits per heavy atom. The summed E-state index contributed by atoms with van der Waals surface area (Å²) in [5.74, 6) is 0.456. The van der Waals surface area contributed by atoms with E-state index in [1.807, 2.05) is 6.07 Å². The molecule has 1 aliphatic carbocycles. The molecule has 1 aromatic rings. The fraction of sp³-hybridized carbons (Fsp3) is 0.625. The summed E-state index contributed by atoms with van der Waals surface area (Å²) in [4.78, 5) is 0. The minimum Gasteiger partial charge on any atom is -0.494 e. The molecule has 0 spiro atoms. The van der Waals surface area contributed by atoms with Crippen molar-refractivity contribution in [2.24, 2.45) is 17.1 Å². The molecule has 0 amide bonds. The molecule has 0 aromatic heterocycles. The largest absolute Gasteiger partial charge is 0.494 e. The van der Waals surface area contributed by atoms with Crippen molar-refractivity contribution in [1.82, 2.24) is 0 Å². The van der Waals surface area contributed by atoms with Gasteiger partial charge in [0.25, 0.3) is 0 Å². The van der Waals surface area contributed by atoms with Gasteiger partial charge in [-0.25, -0.2) is 4.39 Å². The van der Waals surface area contributed by atoms with Crippen LogP contribution in [-0.2, 0) is 6.42 Å². The first-order chi connectivity index (χ1) is 8.91. The molecule has 0 aliphatic heterocycles. The topological polar surface area (TPSA) is 35.2 Å². The summed E-state index contributed by atoms with van der Waals surface area (Å²) in [6.07, 6.45) is 4.21. The van der Waals surface area contributed by atoms with Gasteiger partial charge in [-0.1, -0.05) is 19.9 Å². The summed E-state index contributed by atoms with van der Waals surface area (Å²) in [6.45, 7) is 4.58. The second-order valence-corrected chi connectivity index (χ2v) is 6.50. The Labute approximate surface area is 115 Å². The standard InChI is InChI=1S/C16H24FNO/c1-16(2)7-6-14(18)12(10-16)8-11-4-5-15(19-3)13(17)9-11/h4-5,9,12,14H,6-8,10,18H2,1-3H3. The molecule has 1 saturated carbocycles. The van der Waals surface area contributed by atoms with Crippen molar-refractivity contribution in [3.8, 4) is 5.75 Å². The molecule has 2 unspecified atom stereocenters. The molecule has 0 radical (unpaired) electrons. The lowest BCUT2D eigenvalue weighted by Gasteiger charge is -2.39. The molecule has 2 rings (SSSR count). The maximum absolute atomic E-state index is 13.7. The Bertz CT molecular complexity index is 444. The van der Waals surface area contributed by atoms with E-state index in [2.05, 4.69) is 13.8 Å². The number of methoxy groups -OCH3 is 1.